The zero-order valence-electron chi connectivity index (χ0n) is 14.9. The highest BCUT2D eigenvalue weighted by Gasteiger charge is 2.15. The van der Waals surface area contributed by atoms with Gasteiger partial charge in [-0.1, -0.05) is 26.0 Å². The van der Waals surface area contributed by atoms with Crippen molar-refractivity contribution >= 4 is 11.8 Å². The lowest BCUT2D eigenvalue weighted by molar-refractivity contribution is -0.126. The van der Waals surface area contributed by atoms with E-state index in [1.54, 1.807) is 12.1 Å². The Bertz CT molecular complexity index is 537. The summed E-state index contributed by atoms with van der Waals surface area (Å²) in [6.07, 6.45) is 0.930. The van der Waals surface area contributed by atoms with Crippen LogP contribution in [0.15, 0.2) is 24.3 Å². The number of nitrogens with one attached hydrogen (secondary N) is 2. The van der Waals surface area contributed by atoms with Crippen molar-refractivity contribution in [3.8, 4) is 0 Å². The maximum Gasteiger partial charge on any atom is 0.239 e. The van der Waals surface area contributed by atoms with Crippen molar-refractivity contribution in [1.82, 2.24) is 15.5 Å². The van der Waals surface area contributed by atoms with Gasteiger partial charge in [-0.15, -0.1) is 0 Å². The average Bonchev–Trinajstić information content (AvgIpc) is 2.43. The number of nitrogens with zero attached hydrogens (tertiary/aromatic N) is 1. The number of hydrogen-bond donors (Lipinski definition) is 2. The number of halogens is 1. The highest BCUT2D eigenvalue weighted by Crippen LogP contribution is 2.06. The molecule has 1 aromatic carbocycles. The van der Waals surface area contributed by atoms with E-state index in [1.807, 2.05) is 19.0 Å². The highest BCUT2D eigenvalue weighted by atomic mass is 19.1. The van der Waals surface area contributed by atoms with Gasteiger partial charge >= 0.3 is 0 Å². The molecule has 0 heterocycles. The summed E-state index contributed by atoms with van der Waals surface area (Å²) in [4.78, 5) is 25.9. The molecule has 5 nitrogen and oxygen atoms in total. The van der Waals surface area contributed by atoms with Gasteiger partial charge in [0.1, 0.15) is 5.82 Å². The molecule has 0 aromatic heterocycles. The number of hydrogen-bond acceptors (Lipinski definition) is 3. The molecule has 2 N–H and O–H groups in total. The van der Waals surface area contributed by atoms with Gasteiger partial charge in [0.05, 0.1) is 13.0 Å². The first kappa shape index (κ1) is 20.1. The molecule has 0 fully saturated rings. The minimum atomic E-state index is -0.377. The van der Waals surface area contributed by atoms with Crippen LogP contribution in [0.1, 0.15) is 25.8 Å². The van der Waals surface area contributed by atoms with Gasteiger partial charge in [0.15, 0.2) is 0 Å². The smallest absolute Gasteiger partial charge is 0.239 e. The van der Waals surface area contributed by atoms with Gasteiger partial charge in [-0.3, -0.25) is 9.59 Å². The monoisotopic (exact) mass is 337 g/mol. The first-order valence-electron chi connectivity index (χ1n) is 8.21. The molecule has 1 atom stereocenters. The van der Waals surface area contributed by atoms with Crippen LogP contribution in [-0.4, -0.2) is 49.9 Å². The summed E-state index contributed by atoms with van der Waals surface area (Å²) in [7, 11) is 3.92. The predicted molar refractivity (Wildman–Crippen MR) is 93.1 cm³/mol. The lowest BCUT2D eigenvalue weighted by Gasteiger charge is -2.24. The molecule has 0 aliphatic heterocycles. The van der Waals surface area contributed by atoms with Crippen molar-refractivity contribution in [3.05, 3.63) is 35.6 Å². The summed E-state index contributed by atoms with van der Waals surface area (Å²) < 4.78 is 13.1. The summed E-state index contributed by atoms with van der Waals surface area (Å²) >= 11 is 0. The van der Waals surface area contributed by atoms with Gasteiger partial charge in [0, 0.05) is 12.6 Å². The number of carbonyl (C=O) groups excluding carboxylic acids is 2. The van der Waals surface area contributed by atoms with Gasteiger partial charge in [-0.2, -0.15) is 0 Å². The van der Waals surface area contributed by atoms with Crippen LogP contribution < -0.4 is 10.6 Å². The topological polar surface area (TPSA) is 61.4 Å². The molecule has 0 saturated heterocycles. The molecule has 0 aliphatic carbocycles. The zero-order valence-corrected chi connectivity index (χ0v) is 14.9. The molecule has 0 aliphatic rings. The Morgan fingerprint density at radius 2 is 1.92 bits per heavy atom. The molecule has 0 spiro atoms. The first-order valence-corrected chi connectivity index (χ1v) is 8.21. The van der Waals surface area contributed by atoms with E-state index in [9.17, 15) is 14.0 Å². The molecular weight excluding hydrogens is 309 g/mol. The number of rotatable bonds is 9. The van der Waals surface area contributed by atoms with Crippen LogP contribution in [-0.2, 0) is 16.0 Å². The molecule has 24 heavy (non-hydrogen) atoms. The molecule has 0 radical (unpaired) electrons. The van der Waals surface area contributed by atoms with Gasteiger partial charge in [0.2, 0.25) is 11.8 Å². The summed E-state index contributed by atoms with van der Waals surface area (Å²) in [6.45, 7) is 4.89. The quantitative estimate of drug-likeness (QED) is 0.719. The predicted octanol–water partition coefficient (Wildman–Crippen LogP) is 1.58. The van der Waals surface area contributed by atoms with Crippen LogP contribution in [0.25, 0.3) is 0 Å². The highest BCUT2D eigenvalue weighted by molar-refractivity contribution is 5.85. The van der Waals surface area contributed by atoms with Crippen molar-refractivity contribution in [2.45, 2.75) is 32.7 Å². The molecule has 134 valence electrons. The van der Waals surface area contributed by atoms with E-state index in [2.05, 4.69) is 24.5 Å². The van der Waals surface area contributed by atoms with E-state index in [1.165, 1.54) is 12.1 Å². The van der Waals surface area contributed by atoms with Crippen LogP contribution in [0, 0.1) is 11.7 Å². The Labute approximate surface area is 143 Å². The SMILES string of the molecule is CC(C)CC(CN(C)C)NC(=O)CNC(=O)Cc1cccc(F)c1. The van der Waals surface area contributed by atoms with Crippen molar-refractivity contribution in [3.63, 3.8) is 0 Å². The second kappa shape index (κ2) is 10.0. The standard InChI is InChI=1S/C18H28FN3O2/c1-13(2)8-16(12-22(3)4)21-18(24)11-20-17(23)10-14-6-5-7-15(19)9-14/h5-7,9,13,16H,8,10-12H2,1-4H3,(H,20,23)(H,21,24). The third-order valence-corrected chi connectivity index (χ3v) is 3.41. The van der Waals surface area contributed by atoms with Gasteiger partial charge in [-0.25, -0.2) is 4.39 Å². The van der Waals surface area contributed by atoms with Crippen molar-refractivity contribution in [1.29, 1.82) is 0 Å². The van der Waals surface area contributed by atoms with Crippen LogP contribution in [0.5, 0.6) is 0 Å². The molecular formula is C18H28FN3O2. The number of benzene rings is 1. The largest absolute Gasteiger partial charge is 0.351 e. The Hall–Kier alpha value is -1.95. The third kappa shape index (κ3) is 8.62. The van der Waals surface area contributed by atoms with Crippen molar-refractivity contribution in [2.24, 2.45) is 5.92 Å². The van der Waals surface area contributed by atoms with Crippen LogP contribution in [0.3, 0.4) is 0 Å². The molecule has 1 aromatic rings. The van der Waals surface area contributed by atoms with Crippen molar-refractivity contribution in [2.75, 3.05) is 27.2 Å². The fourth-order valence-corrected chi connectivity index (χ4v) is 2.54. The van der Waals surface area contributed by atoms with E-state index < -0.39 is 0 Å². The number of carbonyl (C=O) groups is 2. The Morgan fingerprint density at radius 3 is 2.50 bits per heavy atom. The van der Waals surface area contributed by atoms with E-state index >= 15 is 0 Å². The minimum Gasteiger partial charge on any atom is -0.351 e. The van der Waals surface area contributed by atoms with E-state index in [0.717, 1.165) is 13.0 Å². The lowest BCUT2D eigenvalue weighted by atomic mass is 10.0. The average molecular weight is 337 g/mol. The maximum absolute atomic E-state index is 13.1. The van der Waals surface area contributed by atoms with Crippen LogP contribution >= 0.6 is 0 Å². The zero-order chi connectivity index (χ0) is 18.1. The summed E-state index contributed by atoms with van der Waals surface area (Å²) in [5.41, 5.74) is 0.582. The Kier molecular flexibility index (Phi) is 8.40. The second-order valence-corrected chi connectivity index (χ2v) is 6.74. The van der Waals surface area contributed by atoms with Gasteiger partial charge in [0.25, 0.3) is 0 Å². The fourth-order valence-electron chi connectivity index (χ4n) is 2.54. The van der Waals surface area contributed by atoms with Crippen molar-refractivity contribution < 1.29 is 14.0 Å². The molecule has 6 heteroatoms. The third-order valence-electron chi connectivity index (χ3n) is 3.41. The molecule has 2 amide bonds. The summed E-state index contributed by atoms with van der Waals surface area (Å²) in [6, 6.07) is 5.93. The normalized spacial score (nSPS) is 12.3. The van der Waals surface area contributed by atoms with Gasteiger partial charge < -0.3 is 15.5 Å². The second-order valence-electron chi connectivity index (χ2n) is 6.74. The Morgan fingerprint density at radius 1 is 1.21 bits per heavy atom. The van der Waals surface area contributed by atoms with E-state index in [-0.39, 0.29) is 36.6 Å². The number of amides is 2. The summed E-state index contributed by atoms with van der Waals surface area (Å²) in [5, 5.41) is 5.53. The Balaban J connectivity index is 2.41. The minimum absolute atomic E-state index is 0.0487. The molecule has 1 unspecified atom stereocenters. The van der Waals surface area contributed by atoms with E-state index in [4.69, 9.17) is 0 Å². The molecule has 1 rings (SSSR count). The van der Waals surface area contributed by atoms with Crippen LogP contribution in [0.2, 0.25) is 0 Å². The van der Waals surface area contributed by atoms with E-state index in [0.29, 0.717) is 11.5 Å². The number of likely N-dealkylation sites (N-methyl/N-ethyl adjacent to an activating group) is 1. The molecule has 0 saturated carbocycles. The van der Waals surface area contributed by atoms with Crippen LogP contribution in [0.4, 0.5) is 4.39 Å². The lowest BCUT2D eigenvalue weighted by Crippen LogP contribution is -2.46. The summed E-state index contributed by atoms with van der Waals surface area (Å²) in [5.74, 6) is -0.421. The first-order chi connectivity index (χ1) is 11.3. The molecule has 0 bridgehead atoms. The van der Waals surface area contributed by atoms with Gasteiger partial charge in [-0.05, 0) is 44.1 Å². The maximum atomic E-state index is 13.1. The fraction of sp³-hybridized carbons (Fsp3) is 0.556.